The summed E-state index contributed by atoms with van der Waals surface area (Å²) in [5.74, 6) is 0.674. The molecule has 1 atom stereocenters. The molecule has 0 aliphatic rings. The second-order valence-electron chi connectivity index (χ2n) is 4.38. The molecule has 0 saturated carbocycles. The number of aromatic amines is 1. The number of fused-ring (bicyclic) bond motifs is 1. The lowest BCUT2D eigenvalue weighted by Crippen LogP contribution is -2.30. The van der Waals surface area contributed by atoms with Crippen LogP contribution in [0.5, 0.6) is 0 Å². The van der Waals surface area contributed by atoms with Crippen LogP contribution in [0.2, 0.25) is 0 Å². The molecule has 0 saturated heterocycles. The third-order valence-electron chi connectivity index (χ3n) is 3.06. The summed E-state index contributed by atoms with van der Waals surface area (Å²) in [4.78, 5) is 16.0. The van der Waals surface area contributed by atoms with E-state index < -0.39 is 0 Å². The highest BCUT2D eigenvalue weighted by Gasteiger charge is 2.11. The molecular weight excluding hydrogens is 230 g/mol. The minimum atomic E-state index is -0.236. The highest BCUT2D eigenvalue weighted by molar-refractivity contribution is 5.38. The van der Waals surface area contributed by atoms with Crippen LogP contribution in [0.4, 0.5) is 0 Å². The Hall–Kier alpha value is -1.69. The fourth-order valence-corrected chi connectivity index (χ4v) is 2.16. The van der Waals surface area contributed by atoms with Crippen LogP contribution in [0.25, 0.3) is 5.65 Å². The Bertz CT molecular complexity index is 586. The van der Waals surface area contributed by atoms with Crippen molar-refractivity contribution in [2.75, 3.05) is 6.54 Å². The van der Waals surface area contributed by atoms with E-state index in [1.54, 1.807) is 0 Å². The molecule has 98 valence electrons. The standard InChI is InChI=1S/C12H19N5O/c1-4-9(13-5-2)6-10-7-11-15-16-12(18)17(11)8(3)14-10/h7,9,13H,4-6H2,1-3H3,(H,16,18). The van der Waals surface area contributed by atoms with E-state index in [2.05, 4.69) is 34.3 Å². The van der Waals surface area contributed by atoms with E-state index in [4.69, 9.17) is 0 Å². The lowest BCUT2D eigenvalue weighted by Gasteiger charge is -2.15. The summed E-state index contributed by atoms with van der Waals surface area (Å²) in [5.41, 5.74) is 1.36. The van der Waals surface area contributed by atoms with Crippen LogP contribution in [-0.2, 0) is 6.42 Å². The molecule has 2 N–H and O–H groups in total. The first kappa shape index (κ1) is 12.8. The highest BCUT2D eigenvalue weighted by Crippen LogP contribution is 2.07. The molecule has 0 spiro atoms. The zero-order chi connectivity index (χ0) is 13.1. The normalized spacial score (nSPS) is 13.1. The summed E-state index contributed by atoms with van der Waals surface area (Å²) >= 11 is 0. The number of aromatic nitrogens is 4. The number of rotatable bonds is 5. The molecule has 2 aromatic heterocycles. The van der Waals surface area contributed by atoms with Crippen LogP contribution >= 0.6 is 0 Å². The van der Waals surface area contributed by atoms with Crippen LogP contribution in [-0.4, -0.2) is 32.2 Å². The molecule has 18 heavy (non-hydrogen) atoms. The van der Waals surface area contributed by atoms with Gasteiger partial charge in [-0.15, -0.1) is 0 Å². The number of H-pyrrole nitrogens is 1. The molecule has 2 heterocycles. The van der Waals surface area contributed by atoms with Crippen molar-refractivity contribution in [2.24, 2.45) is 0 Å². The zero-order valence-corrected chi connectivity index (χ0v) is 11.0. The Morgan fingerprint density at radius 3 is 2.94 bits per heavy atom. The Morgan fingerprint density at radius 2 is 2.28 bits per heavy atom. The third-order valence-corrected chi connectivity index (χ3v) is 3.06. The van der Waals surface area contributed by atoms with Crippen molar-refractivity contribution in [2.45, 2.75) is 39.7 Å². The minimum absolute atomic E-state index is 0.236. The summed E-state index contributed by atoms with van der Waals surface area (Å²) in [6.07, 6.45) is 1.90. The highest BCUT2D eigenvalue weighted by atomic mass is 16.1. The minimum Gasteiger partial charge on any atom is -0.314 e. The summed E-state index contributed by atoms with van der Waals surface area (Å²) in [5, 5.41) is 9.84. The molecule has 0 aliphatic heterocycles. The molecule has 0 aliphatic carbocycles. The van der Waals surface area contributed by atoms with Crippen molar-refractivity contribution in [3.8, 4) is 0 Å². The van der Waals surface area contributed by atoms with E-state index in [1.165, 1.54) is 4.40 Å². The Labute approximate surface area is 105 Å². The molecule has 1 unspecified atom stereocenters. The Kier molecular flexibility index (Phi) is 3.76. The van der Waals surface area contributed by atoms with Gasteiger partial charge >= 0.3 is 5.69 Å². The Morgan fingerprint density at radius 1 is 1.50 bits per heavy atom. The van der Waals surface area contributed by atoms with E-state index in [0.717, 1.165) is 25.1 Å². The van der Waals surface area contributed by atoms with Crippen LogP contribution in [0, 0.1) is 6.92 Å². The molecule has 6 heteroatoms. The largest absolute Gasteiger partial charge is 0.349 e. The summed E-state index contributed by atoms with van der Waals surface area (Å²) < 4.78 is 1.48. The molecular formula is C12H19N5O. The second-order valence-corrected chi connectivity index (χ2v) is 4.38. The third kappa shape index (κ3) is 2.43. The van der Waals surface area contributed by atoms with Gasteiger partial charge in [-0.3, -0.25) is 0 Å². The molecule has 0 fully saturated rings. The number of hydrogen-bond acceptors (Lipinski definition) is 4. The number of aryl methyl sites for hydroxylation is 1. The average molecular weight is 249 g/mol. The molecule has 6 nitrogen and oxygen atoms in total. The van der Waals surface area contributed by atoms with Gasteiger partial charge in [0.25, 0.3) is 0 Å². The van der Waals surface area contributed by atoms with Crippen LogP contribution < -0.4 is 11.0 Å². The zero-order valence-electron chi connectivity index (χ0n) is 11.0. The van der Waals surface area contributed by atoms with E-state index >= 15 is 0 Å². The maximum Gasteiger partial charge on any atom is 0.349 e. The van der Waals surface area contributed by atoms with Gasteiger partial charge in [0.15, 0.2) is 5.65 Å². The van der Waals surface area contributed by atoms with Crippen molar-refractivity contribution in [1.29, 1.82) is 0 Å². The smallest absolute Gasteiger partial charge is 0.314 e. The maximum atomic E-state index is 11.5. The Balaban J connectivity index is 2.32. The van der Waals surface area contributed by atoms with Gasteiger partial charge < -0.3 is 5.32 Å². The van der Waals surface area contributed by atoms with Gasteiger partial charge in [-0.25, -0.2) is 19.3 Å². The van der Waals surface area contributed by atoms with Crippen LogP contribution in [0.3, 0.4) is 0 Å². The predicted molar refractivity (Wildman–Crippen MR) is 69.8 cm³/mol. The fourth-order valence-electron chi connectivity index (χ4n) is 2.16. The van der Waals surface area contributed by atoms with E-state index in [9.17, 15) is 4.79 Å². The number of hydrogen-bond donors (Lipinski definition) is 2. The quantitative estimate of drug-likeness (QED) is 0.816. The van der Waals surface area contributed by atoms with E-state index in [0.29, 0.717) is 17.5 Å². The maximum absolute atomic E-state index is 11.5. The second kappa shape index (κ2) is 5.30. The monoisotopic (exact) mass is 249 g/mol. The van der Waals surface area contributed by atoms with Gasteiger partial charge in [-0.05, 0) is 19.9 Å². The fraction of sp³-hybridized carbons (Fsp3) is 0.583. The molecule has 0 radical (unpaired) electrons. The van der Waals surface area contributed by atoms with Crippen LogP contribution in [0.1, 0.15) is 31.8 Å². The van der Waals surface area contributed by atoms with Crippen molar-refractivity contribution in [3.05, 3.63) is 28.1 Å². The molecule has 0 aromatic carbocycles. The lowest BCUT2D eigenvalue weighted by atomic mass is 10.1. The summed E-state index contributed by atoms with van der Waals surface area (Å²) in [6.45, 7) is 7.01. The van der Waals surface area contributed by atoms with Gasteiger partial charge in [0.2, 0.25) is 0 Å². The van der Waals surface area contributed by atoms with Gasteiger partial charge in [0.1, 0.15) is 5.82 Å². The number of nitrogens with zero attached hydrogens (tertiary/aromatic N) is 3. The topological polar surface area (TPSA) is 75.1 Å². The average Bonchev–Trinajstić information content (AvgIpc) is 2.71. The molecule has 2 rings (SSSR count). The van der Waals surface area contributed by atoms with Crippen molar-refractivity contribution in [3.63, 3.8) is 0 Å². The SMILES string of the molecule is CCNC(CC)Cc1cc2n[nH]c(=O)n2c(C)n1. The number of nitrogens with one attached hydrogen (secondary N) is 2. The van der Waals surface area contributed by atoms with Gasteiger partial charge in [0.05, 0.1) is 0 Å². The van der Waals surface area contributed by atoms with Gasteiger partial charge in [0, 0.05) is 24.2 Å². The summed E-state index contributed by atoms with van der Waals surface area (Å²) in [6, 6.07) is 2.28. The first-order valence-electron chi connectivity index (χ1n) is 6.32. The van der Waals surface area contributed by atoms with Gasteiger partial charge in [-0.2, -0.15) is 5.10 Å². The van der Waals surface area contributed by atoms with E-state index in [1.807, 2.05) is 13.0 Å². The van der Waals surface area contributed by atoms with Crippen molar-refractivity contribution < 1.29 is 0 Å². The molecule has 0 amide bonds. The first-order valence-corrected chi connectivity index (χ1v) is 6.32. The lowest BCUT2D eigenvalue weighted by molar-refractivity contribution is 0.504. The van der Waals surface area contributed by atoms with Crippen molar-refractivity contribution >= 4 is 5.65 Å². The van der Waals surface area contributed by atoms with Crippen LogP contribution in [0.15, 0.2) is 10.9 Å². The van der Waals surface area contributed by atoms with Gasteiger partial charge in [-0.1, -0.05) is 13.8 Å². The predicted octanol–water partition coefficient (Wildman–Crippen LogP) is 0.657. The molecule has 0 bridgehead atoms. The first-order chi connectivity index (χ1) is 8.65. The van der Waals surface area contributed by atoms with Crippen molar-refractivity contribution in [1.82, 2.24) is 24.9 Å². The summed E-state index contributed by atoms with van der Waals surface area (Å²) in [7, 11) is 0. The van der Waals surface area contributed by atoms with E-state index in [-0.39, 0.29) is 5.69 Å². The number of likely N-dealkylation sites (N-methyl/N-ethyl adjacent to an activating group) is 1. The molecule has 2 aromatic rings.